The van der Waals surface area contributed by atoms with E-state index in [0.29, 0.717) is 12.3 Å². The first kappa shape index (κ1) is 20.4. The van der Waals surface area contributed by atoms with E-state index in [0.717, 1.165) is 61.9 Å². The van der Waals surface area contributed by atoms with Gasteiger partial charge in [0.05, 0.1) is 0 Å². The summed E-state index contributed by atoms with van der Waals surface area (Å²) in [6, 6.07) is 10.4. The SMILES string of the molecule is Cc1cc(N2CCN(C(=O)CCCc3c[nH]c4ccccc34)CC2)nc(C(C)C)n1. The van der Waals surface area contributed by atoms with Crippen molar-refractivity contribution in [1.82, 2.24) is 19.9 Å². The summed E-state index contributed by atoms with van der Waals surface area (Å²) in [5, 5.41) is 1.26. The molecule has 3 aromatic rings. The second kappa shape index (κ2) is 8.86. The maximum atomic E-state index is 12.7. The Morgan fingerprint density at radius 1 is 1.13 bits per heavy atom. The summed E-state index contributed by atoms with van der Waals surface area (Å²) in [6.07, 6.45) is 4.48. The maximum Gasteiger partial charge on any atom is 0.222 e. The summed E-state index contributed by atoms with van der Waals surface area (Å²) in [6.45, 7) is 9.41. The van der Waals surface area contributed by atoms with Gasteiger partial charge < -0.3 is 14.8 Å². The molecule has 2 aromatic heterocycles. The Kier molecular flexibility index (Phi) is 6.02. The van der Waals surface area contributed by atoms with E-state index >= 15 is 0 Å². The summed E-state index contributed by atoms with van der Waals surface area (Å²) >= 11 is 0. The van der Waals surface area contributed by atoms with Gasteiger partial charge in [0.25, 0.3) is 0 Å². The molecule has 4 rings (SSSR count). The lowest BCUT2D eigenvalue weighted by molar-refractivity contribution is -0.131. The smallest absolute Gasteiger partial charge is 0.222 e. The first-order chi connectivity index (χ1) is 14.5. The highest BCUT2D eigenvalue weighted by atomic mass is 16.2. The van der Waals surface area contributed by atoms with Gasteiger partial charge in [0.2, 0.25) is 5.91 Å². The van der Waals surface area contributed by atoms with Crippen LogP contribution in [0.2, 0.25) is 0 Å². The number of anilines is 1. The zero-order chi connectivity index (χ0) is 21.1. The van der Waals surface area contributed by atoms with E-state index in [9.17, 15) is 4.79 Å². The van der Waals surface area contributed by atoms with Crippen molar-refractivity contribution in [3.63, 3.8) is 0 Å². The molecule has 30 heavy (non-hydrogen) atoms. The number of hydrogen-bond donors (Lipinski definition) is 1. The molecule has 0 aliphatic carbocycles. The molecule has 3 heterocycles. The molecular formula is C24H31N5O. The number of fused-ring (bicyclic) bond motifs is 1. The molecule has 1 aliphatic heterocycles. The van der Waals surface area contributed by atoms with E-state index in [4.69, 9.17) is 4.98 Å². The molecule has 1 amide bonds. The quantitative estimate of drug-likeness (QED) is 0.672. The van der Waals surface area contributed by atoms with Crippen LogP contribution >= 0.6 is 0 Å². The number of nitrogens with zero attached hydrogens (tertiary/aromatic N) is 4. The van der Waals surface area contributed by atoms with Crippen LogP contribution in [0.15, 0.2) is 36.5 Å². The molecule has 0 spiro atoms. The number of aromatic amines is 1. The fraction of sp³-hybridized carbons (Fsp3) is 0.458. The van der Waals surface area contributed by atoms with Crippen LogP contribution in [0.3, 0.4) is 0 Å². The van der Waals surface area contributed by atoms with Crippen molar-refractivity contribution < 1.29 is 4.79 Å². The lowest BCUT2D eigenvalue weighted by Crippen LogP contribution is -2.49. The molecule has 0 atom stereocenters. The summed E-state index contributed by atoms with van der Waals surface area (Å²) in [4.78, 5) is 29.6. The minimum absolute atomic E-state index is 0.260. The van der Waals surface area contributed by atoms with Gasteiger partial charge in [0.1, 0.15) is 11.6 Å². The largest absolute Gasteiger partial charge is 0.361 e. The predicted molar refractivity (Wildman–Crippen MR) is 121 cm³/mol. The third kappa shape index (κ3) is 4.48. The molecule has 6 heteroatoms. The number of piperazine rings is 1. The van der Waals surface area contributed by atoms with Crippen molar-refractivity contribution in [1.29, 1.82) is 0 Å². The number of nitrogens with one attached hydrogen (secondary N) is 1. The van der Waals surface area contributed by atoms with E-state index in [-0.39, 0.29) is 5.91 Å². The number of amides is 1. The van der Waals surface area contributed by atoms with E-state index in [1.54, 1.807) is 0 Å². The van der Waals surface area contributed by atoms with Crippen LogP contribution in [0.25, 0.3) is 10.9 Å². The predicted octanol–water partition coefficient (Wildman–Crippen LogP) is 4.06. The molecular weight excluding hydrogens is 374 g/mol. The average molecular weight is 406 g/mol. The first-order valence-corrected chi connectivity index (χ1v) is 10.9. The summed E-state index contributed by atoms with van der Waals surface area (Å²) in [5.74, 6) is 2.44. The summed E-state index contributed by atoms with van der Waals surface area (Å²) in [5.41, 5.74) is 3.46. The van der Waals surface area contributed by atoms with Crippen LogP contribution in [-0.2, 0) is 11.2 Å². The van der Waals surface area contributed by atoms with Gasteiger partial charge >= 0.3 is 0 Å². The lowest BCUT2D eigenvalue weighted by atomic mass is 10.1. The van der Waals surface area contributed by atoms with E-state index in [1.165, 1.54) is 10.9 Å². The Morgan fingerprint density at radius 2 is 1.90 bits per heavy atom. The highest BCUT2D eigenvalue weighted by Gasteiger charge is 2.22. The third-order valence-electron chi connectivity index (χ3n) is 5.84. The highest BCUT2D eigenvalue weighted by Crippen LogP contribution is 2.21. The Hall–Kier alpha value is -2.89. The van der Waals surface area contributed by atoms with Gasteiger partial charge in [0.15, 0.2) is 0 Å². The zero-order valence-corrected chi connectivity index (χ0v) is 18.2. The maximum absolute atomic E-state index is 12.7. The van der Waals surface area contributed by atoms with Crippen LogP contribution in [-0.4, -0.2) is 51.9 Å². The first-order valence-electron chi connectivity index (χ1n) is 10.9. The Balaban J connectivity index is 1.28. The van der Waals surface area contributed by atoms with Crippen molar-refractivity contribution in [2.45, 2.75) is 46.0 Å². The van der Waals surface area contributed by atoms with Crippen molar-refractivity contribution >= 4 is 22.6 Å². The van der Waals surface area contributed by atoms with Crippen molar-refractivity contribution in [2.75, 3.05) is 31.1 Å². The molecule has 0 saturated carbocycles. The highest BCUT2D eigenvalue weighted by molar-refractivity contribution is 5.83. The van der Waals surface area contributed by atoms with Gasteiger partial charge in [-0.2, -0.15) is 0 Å². The van der Waals surface area contributed by atoms with E-state index in [1.807, 2.05) is 24.0 Å². The fourth-order valence-electron chi connectivity index (χ4n) is 4.11. The molecule has 1 aromatic carbocycles. The number of rotatable bonds is 6. The molecule has 0 bridgehead atoms. The van der Waals surface area contributed by atoms with Gasteiger partial charge in [-0.05, 0) is 31.4 Å². The number of H-pyrrole nitrogens is 1. The second-order valence-electron chi connectivity index (χ2n) is 8.46. The fourth-order valence-corrected chi connectivity index (χ4v) is 4.11. The number of carbonyl (C=O) groups excluding carboxylic acids is 1. The van der Waals surface area contributed by atoms with Gasteiger partial charge in [-0.25, -0.2) is 9.97 Å². The third-order valence-corrected chi connectivity index (χ3v) is 5.84. The summed E-state index contributed by atoms with van der Waals surface area (Å²) in [7, 11) is 0. The minimum atomic E-state index is 0.260. The number of benzene rings is 1. The molecule has 1 saturated heterocycles. The Morgan fingerprint density at radius 3 is 2.67 bits per heavy atom. The van der Waals surface area contributed by atoms with Gasteiger partial charge in [-0.15, -0.1) is 0 Å². The van der Waals surface area contributed by atoms with E-state index in [2.05, 4.69) is 53.1 Å². The van der Waals surface area contributed by atoms with Crippen molar-refractivity contribution in [2.24, 2.45) is 0 Å². The molecule has 1 aliphatic rings. The topological polar surface area (TPSA) is 65.1 Å². The zero-order valence-electron chi connectivity index (χ0n) is 18.2. The minimum Gasteiger partial charge on any atom is -0.361 e. The number of para-hydroxylation sites is 1. The Labute approximate surface area is 178 Å². The standard InChI is InChI=1S/C24H31N5O/c1-17(2)24-26-18(3)15-22(27-24)28-11-13-29(14-12-28)23(30)10-6-7-19-16-25-21-9-5-4-8-20(19)21/h4-5,8-9,15-17,25H,6-7,10-14H2,1-3H3. The molecule has 0 unspecified atom stereocenters. The van der Waals surface area contributed by atoms with Gasteiger partial charge in [0, 0.05) is 67.4 Å². The van der Waals surface area contributed by atoms with Crippen LogP contribution < -0.4 is 4.90 Å². The van der Waals surface area contributed by atoms with E-state index < -0.39 is 0 Å². The van der Waals surface area contributed by atoms with Crippen LogP contribution in [0.5, 0.6) is 0 Å². The van der Waals surface area contributed by atoms with Crippen LogP contribution in [0.4, 0.5) is 5.82 Å². The number of carbonyl (C=O) groups is 1. The summed E-state index contributed by atoms with van der Waals surface area (Å²) < 4.78 is 0. The van der Waals surface area contributed by atoms with Crippen molar-refractivity contribution in [3.05, 3.63) is 53.6 Å². The molecule has 6 nitrogen and oxygen atoms in total. The van der Waals surface area contributed by atoms with Gasteiger partial charge in [-0.1, -0.05) is 32.0 Å². The van der Waals surface area contributed by atoms with Crippen molar-refractivity contribution in [3.8, 4) is 0 Å². The van der Waals surface area contributed by atoms with Crippen LogP contribution in [0, 0.1) is 6.92 Å². The second-order valence-corrected chi connectivity index (χ2v) is 8.46. The molecule has 0 radical (unpaired) electrons. The number of aromatic nitrogens is 3. The van der Waals surface area contributed by atoms with Gasteiger partial charge in [-0.3, -0.25) is 4.79 Å². The molecule has 1 fully saturated rings. The molecule has 1 N–H and O–H groups in total. The Bertz CT molecular complexity index is 1020. The number of aryl methyl sites for hydroxylation is 2. The lowest BCUT2D eigenvalue weighted by Gasteiger charge is -2.35. The van der Waals surface area contributed by atoms with Crippen LogP contribution in [0.1, 0.15) is 49.7 Å². The average Bonchev–Trinajstić information content (AvgIpc) is 3.16. The normalized spacial score (nSPS) is 14.7. The molecule has 158 valence electrons. The number of hydrogen-bond acceptors (Lipinski definition) is 4. The monoisotopic (exact) mass is 405 g/mol.